The summed E-state index contributed by atoms with van der Waals surface area (Å²) in [7, 11) is 0. The van der Waals surface area contributed by atoms with E-state index in [-0.39, 0.29) is 11.0 Å². The normalized spacial score (nSPS) is 11.0. The van der Waals surface area contributed by atoms with Crippen molar-refractivity contribution in [3.8, 4) is 5.69 Å². The molecule has 2 N–H and O–H groups in total. The van der Waals surface area contributed by atoms with Crippen molar-refractivity contribution in [3.05, 3.63) is 82.9 Å². The van der Waals surface area contributed by atoms with Crippen LogP contribution in [-0.4, -0.2) is 26.0 Å². The van der Waals surface area contributed by atoms with Gasteiger partial charge in [0.15, 0.2) is 5.11 Å². The van der Waals surface area contributed by atoms with Crippen LogP contribution in [0.2, 0.25) is 5.02 Å². The highest BCUT2D eigenvalue weighted by atomic mass is 35.5. The number of benzene rings is 3. The summed E-state index contributed by atoms with van der Waals surface area (Å²) < 4.78 is 0. The number of halogens is 1. The van der Waals surface area contributed by atoms with Gasteiger partial charge >= 0.3 is 0 Å². The molecule has 0 unspecified atom stereocenters. The number of nitrogens with one attached hydrogen (secondary N) is 2. The van der Waals surface area contributed by atoms with Crippen LogP contribution in [0.1, 0.15) is 35.7 Å². The van der Waals surface area contributed by atoms with Gasteiger partial charge in [-0.05, 0) is 60.1 Å². The van der Waals surface area contributed by atoms with Crippen LogP contribution in [0.25, 0.3) is 16.7 Å². The molecule has 6 nitrogen and oxygen atoms in total. The molecule has 31 heavy (non-hydrogen) atoms. The Morgan fingerprint density at radius 1 is 1.00 bits per heavy atom. The molecule has 0 aliphatic heterocycles. The molecule has 1 amide bonds. The first-order valence-electron chi connectivity index (χ1n) is 9.75. The molecule has 4 rings (SSSR count). The number of fused-ring (bicyclic) bond motifs is 1. The Balaban J connectivity index is 1.49. The van der Waals surface area contributed by atoms with E-state index in [2.05, 4.69) is 34.7 Å². The van der Waals surface area contributed by atoms with E-state index in [9.17, 15) is 4.79 Å². The van der Waals surface area contributed by atoms with Crippen molar-refractivity contribution in [2.24, 2.45) is 0 Å². The first-order chi connectivity index (χ1) is 14.9. The molecule has 0 spiro atoms. The molecule has 1 heterocycles. The Bertz CT molecular complexity index is 1250. The van der Waals surface area contributed by atoms with Gasteiger partial charge in [-0.1, -0.05) is 55.8 Å². The van der Waals surface area contributed by atoms with E-state index in [1.54, 1.807) is 29.1 Å². The van der Waals surface area contributed by atoms with E-state index in [0.29, 0.717) is 33.2 Å². The van der Waals surface area contributed by atoms with Gasteiger partial charge in [-0.25, -0.2) is 0 Å². The fraction of sp³-hybridized carbons (Fsp3) is 0.130. The Morgan fingerprint density at radius 2 is 1.65 bits per heavy atom. The van der Waals surface area contributed by atoms with Crippen molar-refractivity contribution in [1.29, 1.82) is 0 Å². The van der Waals surface area contributed by atoms with E-state index < -0.39 is 0 Å². The fourth-order valence-corrected chi connectivity index (χ4v) is 3.47. The van der Waals surface area contributed by atoms with Crippen molar-refractivity contribution in [2.75, 3.05) is 5.32 Å². The van der Waals surface area contributed by atoms with Gasteiger partial charge in [0.05, 0.1) is 16.4 Å². The summed E-state index contributed by atoms with van der Waals surface area (Å²) in [4.78, 5) is 14.0. The second kappa shape index (κ2) is 8.83. The lowest BCUT2D eigenvalue weighted by atomic mass is 10.0. The van der Waals surface area contributed by atoms with E-state index in [1.165, 1.54) is 5.56 Å². The van der Waals surface area contributed by atoms with Crippen LogP contribution in [0.4, 0.5) is 5.69 Å². The van der Waals surface area contributed by atoms with Crippen molar-refractivity contribution in [3.63, 3.8) is 0 Å². The van der Waals surface area contributed by atoms with E-state index >= 15 is 0 Å². The van der Waals surface area contributed by atoms with Crippen LogP contribution < -0.4 is 10.6 Å². The second-order valence-electron chi connectivity index (χ2n) is 7.33. The summed E-state index contributed by atoms with van der Waals surface area (Å²) in [6, 6.07) is 20.5. The van der Waals surface area contributed by atoms with Gasteiger partial charge in [0.25, 0.3) is 5.91 Å². The van der Waals surface area contributed by atoms with Gasteiger partial charge in [-0.3, -0.25) is 10.1 Å². The maximum atomic E-state index is 12.5. The monoisotopic (exact) mass is 449 g/mol. The predicted molar refractivity (Wildman–Crippen MR) is 128 cm³/mol. The van der Waals surface area contributed by atoms with Gasteiger partial charge in [-0.15, -0.1) is 10.2 Å². The Labute approximate surface area is 190 Å². The molecule has 0 aliphatic rings. The van der Waals surface area contributed by atoms with Crippen molar-refractivity contribution >= 4 is 51.6 Å². The average Bonchev–Trinajstić information content (AvgIpc) is 3.17. The largest absolute Gasteiger partial charge is 0.331 e. The van der Waals surface area contributed by atoms with Crippen LogP contribution in [0.5, 0.6) is 0 Å². The maximum Gasteiger partial charge on any atom is 0.257 e. The molecule has 0 aliphatic carbocycles. The number of carbonyl (C=O) groups excluding carboxylic acids is 1. The SMILES string of the molecule is CC(C)c1ccc(C(=O)NC(=S)Nc2cc3nn(-c4ccccc4)nc3cc2Cl)cc1. The highest BCUT2D eigenvalue weighted by Crippen LogP contribution is 2.27. The summed E-state index contributed by atoms with van der Waals surface area (Å²) in [5.74, 6) is 0.108. The second-order valence-corrected chi connectivity index (χ2v) is 8.15. The number of para-hydroxylation sites is 1. The lowest BCUT2D eigenvalue weighted by Crippen LogP contribution is -2.34. The number of amides is 1. The number of thiocarbonyl (C=S) groups is 1. The summed E-state index contributed by atoms with van der Waals surface area (Å²) in [6.07, 6.45) is 0. The van der Waals surface area contributed by atoms with Crippen LogP contribution in [0.15, 0.2) is 66.7 Å². The standard InChI is InChI=1S/C23H20ClN5OS/c1-14(2)15-8-10-16(11-9-15)22(30)26-23(31)25-19-13-21-20(12-18(19)24)27-29(28-21)17-6-4-3-5-7-17/h3-14H,1-2H3,(H2,25,26,30,31). The molecule has 8 heteroatoms. The zero-order valence-electron chi connectivity index (χ0n) is 17.0. The highest BCUT2D eigenvalue weighted by molar-refractivity contribution is 7.80. The van der Waals surface area contributed by atoms with Crippen molar-refractivity contribution in [2.45, 2.75) is 19.8 Å². The number of carbonyl (C=O) groups is 1. The molecule has 0 saturated carbocycles. The topological polar surface area (TPSA) is 71.8 Å². The summed E-state index contributed by atoms with van der Waals surface area (Å²) >= 11 is 11.7. The van der Waals surface area contributed by atoms with E-state index in [4.69, 9.17) is 23.8 Å². The Hall–Kier alpha value is -3.29. The first-order valence-corrected chi connectivity index (χ1v) is 10.5. The van der Waals surface area contributed by atoms with Crippen molar-refractivity contribution in [1.82, 2.24) is 20.3 Å². The van der Waals surface area contributed by atoms with E-state index in [0.717, 1.165) is 5.69 Å². The minimum absolute atomic E-state index is 0.148. The minimum Gasteiger partial charge on any atom is -0.331 e. The summed E-state index contributed by atoms with van der Waals surface area (Å²) in [6.45, 7) is 4.21. The van der Waals surface area contributed by atoms with Gasteiger partial charge in [0.2, 0.25) is 0 Å². The smallest absolute Gasteiger partial charge is 0.257 e. The third kappa shape index (κ3) is 4.73. The first kappa shape index (κ1) is 21.0. The summed E-state index contributed by atoms with van der Waals surface area (Å²) in [5.41, 5.74) is 4.38. The lowest BCUT2D eigenvalue weighted by Gasteiger charge is -2.11. The zero-order chi connectivity index (χ0) is 22.0. The molecule has 0 radical (unpaired) electrons. The number of hydrogen-bond donors (Lipinski definition) is 2. The van der Waals surface area contributed by atoms with Gasteiger partial charge in [-0.2, -0.15) is 4.80 Å². The summed E-state index contributed by atoms with van der Waals surface area (Å²) in [5, 5.41) is 15.2. The molecule has 1 aromatic heterocycles. The number of hydrogen-bond acceptors (Lipinski definition) is 4. The Kier molecular flexibility index (Phi) is 5.97. The quantitative estimate of drug-likeness (QED) is 0.412. The van der Waals surface area contributed by atoms with Crippen molar-refractivity contribution < 1.29 is 4.79 Å². The lowest BCUT2D eigenvalue weighted by molar-refractivity contribution is 0.0977. The molecule has 0 atom stereocenters. The number of aromatic nitrogens is 3. The van der Waals surface area contributed by atoms with Crippen LogP contribution >= 0.6 is 23.8 Å². The minimum atomic E-state index is -0.292. The number of nitrogens with zero attached hydrogens (tertiary/aromatic N) is 3. The zero-order valence-corrected chi connectivity index (χ0v) is 18.5. The molecule has 0 saturated heterocycles. The Morgan fingerprint density at radius 3 is 2.29 bits per heavy atom. The third-order valence-corrected chi connectivity index (χ3v) is 5.29. The van der Waals surface area contributed by atoms with Crippen LogP contribution in [0.3, 0.4) is 0 Å². The molecular formula is C23H20ClN5OS. The average molecular weight is 450 g/mol. The molecule has 156 valence electrons. The molecule has 4 aromatic rings. The number of anilines is 1. The van der Waals surface area contributed by atoms with E-state index in [1.807, 2.05) is 42.5 Å². The molecular weight excluding hydrogens is 430 g/mol. The fourth-order valence-electron chi connectivity index (χ4n) is 3.06. The predicted octanol–water partition coefficient (Wildman–Crippen LogP) is 5.32. The maximum absolute atomic E-state index is 12.5. The molecule has 0 bridgehead atoms. The van der Waals surface area contributed by atoms with Gasteiger partial charge in [0, 0.05) is 5.56 Å². The van der Waals surface area contributed by atoms with Crippen LogP contribution in [-0.2, 0) is 0 Å². The molecule has 3 aromatic carbocycles. The number of rotatable bonds is 4. The highest BCUT2D eigenvalue weighted by Gasteiger charge is 2.13. The third-order valence-electron chi connectivity index (χ3n) is 4.77. The van der Waals surface area contributed by atoms with Crippen LogP contribution in [0, 0.1) is 0 Å². The van der Waals surface area contributed by atoms with Gasteiger partial charge in [0.1, 0.15) is 11.0 Å². The van der Waals surface area contributed by atoms with Gasteiger partial charge < -0.3 is 5.32 Å². The molecule has 0 fully saturated rings.